The molecule has 0 spiro atoms. The minimum absolute atomic E-state index is 0.118. The molecule has 3 nitrogen and oxygen atoms in total. The van der Waals surface area contributed by atoms with E-state index >= 15 is 0 Å². The van der Waals surface area contributed by atoms with Gasteiger partial charge in [-0.2, -0.15) is 0 Å². The molecule has 2 aromatic rings. The van der Waals surface area contributed by atoms with Gasteiger partial charge in [0.15, 0.2) is 0 Å². The second-order valence-corrected chi connectivity index (χ2v) is 5.78. The van der Waals surface area contributed by atoms with Crippen molar-refractivity contribution in [3.05, 3.63) is 60.1 Å². The molecular formula is C18H21NO2. The maximum absolute atomic E-state index is 12.3. The molecule has 1 aliphatic carbocycles. The number of carbonyl (C=O) groups excluding carboxylic acids is 1. The van der Waals surface area contributed by atoms with Crippen molar-refractivity contribution in [2.24, 2.45) is 5.92 Å². The third-order valence-corrected chi connectivity index (χ3v) is 4.21. The highest BCUT2D eigenvalue weighted by molar-refractivity contribution is 5.77. The average molecular weight is 283 g/mol. The summed E-state index contributed by atoms with van der Waals surface area (Å²) in [7, 11) is 0. The Morgan fingerprint density at radius 1 is 1.14 bits per heavy atom. The number of furan rings is 1. The Balaban J connectivity index is 1.72. The van der Waals surface area contributed by atoms with Crippen molar-refractivity contribution >= 4 is 5.91 Å². The van der Waals surface area contributed by atoms with Crippen LogP contribution in [-0.4, -0.2) is 5.91 Å². The van der Waals surface area contributed by atoms with Gasteiger partial charge in [0, 0.05) is 6.42 Å². The fraction of sp³-hybridized carbons (Fsp3) is 0.389. The molecule has 0 aliphatic heterocycles. The highest BCUT2D eigenvalue weighted by atomic mass is 16.3. The molecule has 21 heavy (non-hydrogen) atoms. The van der Waals surface area contributed by atoms with Crippen LogP contribution in [0.3, 0.4) is 0 Å². The summed E-state index contributed by atoms with van der Waals surface area (Å²) in [6, 6.07) is 13.5. The minimum atomic E-state index is -0.199. The first kappa shape index (κ1) is 13.9. The number of benzene rings is 1. The van der Waals surface area contributed by atoms with Gasteiger partial charge in [-0.15, -0.1) is 0 Å². The Morgan fingerprint density at radius 3 is 2.57 bits per heavy atom. The standard InChI is InChI=1S/C18H21NO2/c20-17(13-14-7-4-5-8-14)19-18(16-11-6-12-21-16)15-9-2-1-3-10-15/h1-3,6,9-12,14,18H,4-5,7-8,13H2,(H,19,20). The summed E-state index contributed by atoms with van der Waals surface area (Å²) >= 11 is 0. The number of hydrogen-bond donors (Lipinski definition) is 1. The first-order chi connectivity index (χ1) is 10.3. The summed E-state index contributed by atoms with van der Waals surface area (Å²) < 4.78 is 5.51. The smallest absolute Gasteiger partial charge is 0.221 e. The predicted octanol–water partition coefficient (Wildman–Crippen LogP) is 4.07. The average Bonchev–Trinajstić information content (AvgIpc) is 3.19. The van der Waals surface area contributed by atoms with Crippen molar-refractivity contribution in [1.29, 1.82) is 0 Å². The molecule has 1 aromatic carbocycles. The molecule has 1 amide bonds. The van der Waals surface area contributed by atoms with Crippen LogP contribution in [0.15, 0.2) is 53.1 Å². The summed E-state index contributed by atoms with van der Waals surface area (Å²) in [6.07, 6.45) is 7.17. The van der Waals surface area contributed by atoms with E-state index in [1.165, 1.54) is 25.7 Å². The van der Waals surface area contributed by atoms with Gasteiger partial charge in [0.25, 0.3) is 0 Å². The van der Waals surface area contributed by atoms with E-state index in [9.17, 15) is 4.79 Å². The normalized spacial score (nSPS) is 16.8. The lowest BCUT2D eigenvalue weighted by Crippen LogP contribution is -2.30. The number of nitrogens with one attached hydrogen (secondary N) is 1. The molecule has 1 aromatic heterocycles. The van der Waals surface area contributed by atoms with Gasteiger partial charge in [0.05, 0.1) is 6.26 Å². The molecule has 0 saturated heterocycles. The Kier molecular flexibility index (Phi) is 4.39. The zero-order valence-corrected chi connectivity index (χ0v) is 12.1. The molecule has 0 bridgehead atoms. The fourth-order valence-corrected chi connectivity index (χ4v) is 3.12. The molecule has 3 heteroatoms. The summed E-state index contributed by atoms with van der Waals surface area (Å²) in [5.74, 6) is 1.45. The molecule has 1 fully saturated rings. The number of amides is 1. The Hall–Kier alpha value is -2.03. The van der Waals surface area contributed by atoms with Gasteiger partial charge < -0.3 is 9.73 Å². The van der Waals surface area contributed by atoms with E-state index in [1.807, 2.05) is 42.5 Å². The molecule has 1 atom stereocenters. The monoisotopic (exact) mass is 283 g/mol. The Labute approximate surface area is 125 Å². The van der Waals surface area contributed by atoms with E-state index in [2.05, 4.69) is 5.32 Å². The predicted molar refractivity (Wildman–Crippen MR) is 81.7 cm³/mol. The largest absolute Gasteiger partial charge is 0.467 e. The van der Waals surface area contributed by atoms with Crippen molar-refractivity contribution in [1.82, 2.24) is 5.32 Å². The fourth-order valence-electron chi connectivity index (χ4n) is 3.12. The minimum Gasteiger partial charge on any atom is -0.467 e. The lowest BCUT2D eigenvalue weighted by molar-refractivity contribution is -0.122. The van der Waals surface area contributed by atoms with Gasteiger partial charge in [-0.05, 0) is 36.5 Å². The molecule has 0 radical (unpaired) electrons. The van der Waals surface area contributed by atoms with Crippen LogP contribution in [0.2, 0.25) is 0 Å². The summed E-state index contributed by atoms with van der Waals surface area (Å²) in [5, 5.41) is 3.13. The molecule has 1 N–H and O–H groups in total. The van der Waals surface area contributed by atoms with E-state index in [1.54, 1.807) is 6.26 Å². The van der Waals surface area contributed by atoms with Crippen molar-refractivity contribution in [2.75, 3.05) is 0 Å². The Bertz CT molecular complexity index is 556. The molecule has 110 valence electrons. The summed E-state index contributed by atoms with van der Waals surface area (Å²) in [4.78, 5) is 12.3. The van der Waals surface area contributed by atoms with Gasteiger partial charge in [-0.3, -0.25) is 4.79 Å². The van der Waals surface area contributed by atoms with Crippen LogP contribution >= 0.6 is 0 Å². The maximum Gasteiger partial charge on any atom is 0.221 e. The van der Waals surface area contributed by atoms with Crippen molar-refractivity contribution in [3.63, 3.8) is 0 Å². The van der Waals surface area contributed by atoms with E-state index in [4.69, 9.17) is 4.42 Å². The van der Waals surface area contributed by atoms with Crippen LogP contribution < -0.4 is 5.32 Å². The molecule has 3 rings (SSSR count). The summed E-state index contributed by atoms with van der Waals surface area (Å²) in [5.41, 5.74) is 1.05. The van der Waals surface area contributed by atoms with Crippen molar-refractivity contribution in [2.45, 2.75) is 38.1 Å². The third kappa shape index (κ3) is 3.54. The van der Waals surface area contributed by atoms with E-state index in [0.29, 0.717) is 12.3 Å². The number of rotatable bonds is 5. The molecule has 1 unspecified atom stereocenters. The number of carbonyl (C=O) groups is 1. The van der Waals surface area contributed by atoms with Crippen molar-refractivity contribution < 1.29 is 9.21 Å². The molecule has 1 saturated carbocycles. The van der Waals surface area contributed by atoms with Crippen LogP contribution in [0.5, 0.6) is 0 Å². The first-order valence-corrected chi connectivity index (χ1v) is 7.70. The lowest BCUT2D eigenvalue weighted by Gasteiger charge is -2.18. The van der Waals surface area contributed by atoms with Crippen LogP contribution in [0, 0.1) is 5.92 Å². The molecule has 1 aliphatic rings. The number of hydrogen-bond acceptors (Lipinski definition) is 2. The SMILES string of the molecule is O=C(CC1CCCC1)NC(c1ccccc1)c1ccco1. The topological polar surface area (TPSA) is 42.2 Å². The molecule has 1 heterocycles. The zero-order chi connectivity index (χ0) is 14.5. The third-order valence-electron chi connectivity index (χ3n) is 4.21. The van der Waals surface area contributed by atoms with Crippen LogP contribution in [0.25, 0.3) is 0 Å². The van der Waals surface area contributed by atoms with Crippen molar-refractivity contribution in [3.8, 4) is 0 Å². The van der Waals surface area contributed by atoms with Gasteiger partial charge in [0.2, 0.25) is 5.91 Å². The van der Waals surface area contributed by atoms with Crippen LogP contribution in [0.1, 0.15) is 49.5 Å². The highest BCUT2D eigenvalue weighted by Gasteiger charge is 2.23. The quantitative estimate of drug-likeness (QED) is 0.899. The highest BCUT2D eigenvalue weighted by Crippen LogP contribution is 2.28. The Morgan fingerprint density at radius 2 is 1.90 bits per heavy atom. The molecular weight excluding hydrogens is 262 g/mol. The van der Waals surface area contributed by atoms with Gasteiger partial charge >= 0.3 is 0 Å². The first-order valence-electron chi connectivity index (χ1n) is 7.70. The van der Waals surface area contributed by atoms with Gasteiger partial charge in [-0.25, -0.2) is 0 Å². The van der Waals surface area contributed by atoms with Crippen LogP contribution in [-0.2, 0) is 4.79 Å². The van der Waals surface area contributed by atoms with E-state index in [0.717, 1.165) is 11.3 Å². The second kappa shape index (κ2) is 6.61. The second-order valence-electron chi connectivity index (χ2n) is 5.78. The lowest BCUT2D eigenvalue weighted by atomic mass is 10.0. The van der Waals surface area contributed by atoms with Gasteiger partial charge in [-0.1, -0.05) is 43.2 Å². The van der Waals surface area contributed by atoms with Crippen LogP contribution in [0.4, 0.5) is 0 Å². The van der Waals surface area contributed by atoms with E-state index < -0.39 is 0 Å². The zero-order valence-electron chi connectivity index (χ0n) is 12.1. The van der Waals surface area contributed by atoms with Gasteiger partial charge in [0.1, 0.15) is 11.8 Å². The maximum atomic E-state index is 12.3. The van der Waals surface area contributed by atoms with E-state index in [-0.39, 0.29) is 11.9 Å². The summed E-state index contributed by atoms with van der Waals surface area (Å²) in [6.45, 7) is 0.